The summed E-state index contributed by atoms with van der Waals surface area (Å²) in [6, 6.07) is 6.72. The molecule has 0 aliphatic carbocycles. The quantitative estimate of drug-likeness (QED) is 0.765. The molecule has 5 heteroatoms. The standard InChI is InChI=1S/C16H17NO4/c1-4-21-13-7-12(9-17-10-13)16(18)11-5-6-14(19-2)15(8-11)20-3/h5-10H,4H2,1-3H3. The number of hydrogen-bond donors (Lipinski definition) is 0. The number of rotatable bonds is 6. The summed E-state index contributed by atoms with van der Waals surface area (Å²) in [6.45, 7) is 2.40. The van der Waals surface area contributed by atoms with Crippen LogP contribution in [0.4, 0.5) is 0 Å². The zero-order valence-electron chi connectivity index (χ0n) is 12.3. The molecule has 0 amide bonds. The fourth-order valence-corrected chi connectivity index (χ4v) is 1.93. The maximum absolute atomic E-state index is 12.5. The number of carbonyl (C=O) groups is 1. The van der Waals surface area contributed by atoms with Gasteiger partial charge in [-0.25, -0.2) is 0 Å². The Morgan fingerprint density at radius 3 is 2.48 bits per heavy atom. The summed E-state index contributed by atoms with van der Waals surface area (Å²) in [6.07, 6.45) is 3.09. The predicted octanol–water partition coefficient (Wildman–Crippen LogP) is 2.73. The van der Waals surface area contributed by atoms with E-state index in [-0.39, 0.29) is 5.78 Å². The molecule has 0 aliphatic rings. The van der Waals surface area contributed by atoms with Crippen molar-refractivity contribution in [1.82, 2.24) is 4.98 Å². The van der Waals surface area contributed by atoms with E-state index in [0.717, 1.165) is 0 Å². The molecule has 0 unspecified atom stereocenters. The average Bonchev–Trinajstić information content (AvgIpc) is 2.54. The number of hydrogen-bond acceptors (Lipinski definition) is 5. The van der Waals surface area contributed by atoms with Gasteiger partial charge in [-0.2, -0.15) is 0 Å². The fraction of sp³-hybridized carbons (Fsp3) is 0.250. The summed E-state index contributed by atoms with van der Waals surface area (Å²) in [5.74, 6) is 1.52. The van der Waals surface area contributed by atoms with Crippen molar-refractivity contribution in [2.75, 3.05) is 20.8 Å². The molecule has 110 valence electrons. The number of benzene rings is 1. The largest absolute Gasteiger partial charge is 0.493 e. The van der Waals surface area contributed by atoms with Crippen LogP contribution in [0.5, 0.6) is 17.2 Å². The second-order valence-electron chi connectivity index (χ2n) is 4.24. The summed E-state index contributed by atoms with van der Waals surface area (Å²) < 4.78 is 15.7. The summed E-state index contributed by atoms with van der Waals surface area (Å²) in [5.41, 5.74) is 0.969. The van der Waals surface area contributed by atoms with Gasteiger partial charge in [-0.15, -0.1) is 0 Å². The van der Waals surface area contributed by atoms with Crippen molar-refractivity contribution < 1.29 is 19.0 Å². The SMILES string of the molecule is CCOc1cncc(C(=O)c2ccc(OC)c(OC)c2)c1. The second kappa shape index (κ2) is 6.74. The van der Waals surface area contributed by atoms with E-state index in [4.69, 9.17) is 14.2 Å². The van der Waals surface area contributed by atoms with E-state index < -0.39 is 0 Å². The highest BCUT2D eigenvalue weighted by molar-refractivity contribution is 6.09. The second-order valence-corrected chi connectivity index (χ2v) is 4.24. The number of carbonyl (C=O) groups excluding carboxylic acids is 1. The van der Waals surface area contributed by atoms with E-state index in [1.807, 2.05) is 6.92 Å². The zero-order valence-corrected chi connectivity index (χ0v) is 12.3. The molecule has 0 saturated carbocycles. The highest BCUT2D eigenvalue weighted by atomic mass is 16.5. The van der Waals surface area contributed by atoms with E-state index >= 15 is 0 Å². The lowest BCUT2D eigenvalue weighted by Gasteiger charge is -2.09. The minimum absolute atomic E-state index is 0.148. The highest BCUT2D eigenvalue weighted by Gasteiger charge is 2.13. The summed E-state index contributed by atoms with van der Waals surface area (Å²) in [4.78, 5) is 16.5. The molecule has 1 heterocycles. The summed E-state index contributed by atoms with van der Waals surface area (Å²) in [5, 5.41) is 0. The van der Waals surface area contributed by atoms with Crippen molar-refractivity contribution in [3.05, 3.63) is 47.8 Å². The first-order chi connectivity index (χ1) is 10.2. The number of ketones is 1. The summed E-state index contributed by atoms with van der Waals surface area (Å²) in [7, 11) is 3.08. The maximum Gasteiger partial charge on any atom is 0.194 e. The molecule has 0 atom stereocenters. The van der Waals surface area contributed by atoms with Gasteiger partial charge in [0.25, 0.3) is 0 Å². The van der Waals surface area contributed by atoms with Gasteiger partial charge in [0.15, 0.2) is 17.3 Å². The molecule has 0 aliphatic heterocycles. The van der Waals surface area contributed by atoms with Crippen LogP contribution in [0, 0.1) is 0 Å². The van der Waals surface area contributed by atoms with Gasteiger partial charge in [-0.05, 0) is 31.2 Å². The monoisotopic (exact) mass is 287 g/mol. The normalized spacial score (nSPS) is 10.0. The lowest BCUT2D eigenvalue weighted by Crippen LogP contribution is -2.04. The van der Waals surface area contributed by atoms with Crippen LogP contribution in [0.2, 0.25) is 0 Å². The molecule has 0 bridgehead atoms. The van der Waals surface area contributed by atoms with Crippen LogP contribution in [0.15, 0.2) is 36.7 Å². The Kier molecular flexibility index (Phi) is 4.77. The molecule has 1 aromatic heterocycles. The van der Waals surface area contributed by atoms with E-state index in [2.05, 4.69) is 4.98 Å². The van der Waals surface area contributed by atoms with Crippen molar-refractivity contribution in [2.45, 2.75) is 6.92 Å². The van der Waals surface area contributed by atoms with Gasteiger partial charge in [0, 0.05) is 17.3 Å². The average molecular weight is 287 g/mol. The molecular formula is C16H17NO4. The Balaban J connectivity index is 2.33. The van der Waals surface area contributed by atoms with E-state index in [9.17, 15) is 4.79 Å². The van der Waals surface area contributed by atoms with Crippen LogP contribution in [-0.4, -0.2) is 31.6 Å². The van der Waals surface area contributed by atoms with Gasteiger partial charge in [-0.3, -0.25) is 9.78 Å². The minimum Gasteiger partial charge on any atom is -0.493 e. The molecule has 0 fully saturated rings. The van der Waals surface area contributed by atoms with Crippen molar-refractivity contribution in [2.24, 2.45) is 0 Å². The van der Waals surface area contributed by atoms with Gasteiger partial charge in [0.1, 0.15) is 5.75 Å². The molecule has 0 N–H and O–H groups in total. The number of methoxy groups -OCH3 is 2. The number of aromatic nitrogens is 1. The van der Waals surface area contributed by atoms with Crippen molar-refractivity contribution in [3.63, 3.8) is 0 Å². The minimum atomic E-state index is -0.148. The van der Waals surface area contributed by atoms with Gasteiger partial charge < -0.3 is 14.2 Å². The van der Waals surface area contributed by atoms with E-state index in [1.54, 1.807) is 37.6 Å². The summed E-state index contributed by atoms with van der Waals surface area (Å²) >= 11 is 0. The fourth-order valence-electron chi connectivity index (χ4n) is 1.93. The van der Waals surface area contributed by atoms with Crippen LogP contribution in [-0.2, 0) is 0 Å². The van der Waals surface area contributed by atoms with Crippen LogP contribution >= 0.6 is 0 Å². The zero-order chi connectivity index (χ0) is 15.2. The molecule has 1 aromatic carbocycles. The van der Waals surface area contributed by atoms with Crippen molar-refractivity contribution >= 4 is 5.78 Å². The Labute approximate surface area is 123 Å². The molecule has 21 heavy (non-hydrogen) atoms. The lowest BCUT2D eigenvalue weighted by molar-refractivity contribution is 0.103. The van der Waals surface area contributed by atoms with Gasteiger partial charge in [-0.1, -0.05) is 0 Å². The van der Waals surface area contributed by atoms with Crippen molar-refractivity contribution in [3.8, 4) is 17.2 Å². The number of nitrogens with zero attached hydrogens (tertiary/aromatic N) is 1. The molecule has 0 spiro atoms. The van der Waals surface area contributed by atoms with Crippen LogP contribution < -0.4 is 14.2 Å². The van der Waals surface area contributed by atoms with E-state index in [0.29, 0.717) is 35.0 Å². The third kappa shape index (κ3) is 3.31. The topological polar surface area (TPSA) is 57.7 Å². The smallest absolute Gasteiger partial charge is 0.194 e. The Morgan fingerprint density at radius 1 is 1.05 bits per heavy atom. The molecule has 2 rings (SSSR count). The molecular weight excluding hydrogens is 270 g/mol. The third-order valence-corrected chi connectivity index (χ3v) is 2.93. The van der Waals surface area contributed by atoms with Gasteiger partial charge >= 0.3 is 0 Å². The first-order valence-corrected chi connectivity index (χ1v) is 6.54. The first kappa shape index (κ1) is 14.8. The highest BCUT2D eigenvalue weighted by Crippen LogP contribution is 2.28. The van der Waals surface area contributed by atoms with Crippen LogP contribution in [0.25, 0.3) is 0 Å². The van der Waals surface area contributed by atoms with Gasteiger partial charge in [0.05, 0.1) is 27.0 Å². The molecule has 0 radical (unpaired) electrons. The molecule has 5 nitrogen and oxygen atoms in total. The predicted molar refractivity (Wildman–Crippen MR) is 78.4 cm³/mol. The molecule has 0 saturated heterocycles. The number of ether oxygens (including phenoxy) is 3. The lowest BCUT2D eigenvalue weighted by atomic mass is 10.0. The maximum atomic E-state index is 12.5. The van der Waals surface area contributed by atoms with Gasteiger partial charge in [0.2, 0.25) is 0 Å². The van der Waals surface area contributed by atoms with Crippen molar-refractivity contribution in [1.29, 1.82) is 0 Å². The number of pyridine rings is 1. The van der Waals surface area contributed by atoms with Crippen LogP contribution in [0.1, 0.15) is 22.8 Å². The first-order valence-electron chi connectivity index (χ1n) is 6.54. The van der Waals surface area contributed by atoms with E-state index in [1.165, 1.54) is 13.3 Å². The third-order valence-electron chi connectivity index (χ3n) is 2.93. The Hall–Kier alpha value is -2.56. The Bertz CT molecular complexity index is 640. The molecule has 2 aromatic rings. The van der Waals surface area contributed by atoms with Crippen LogP contribution in [0.3, 0.4) is 0 Å². The Morgan fingerprint density at radius 2 is 1.81 bits per heavy atom.